The molecular weight excluding hydrogens is 326 g/mol. The molecule has 6 heteroatoms. The summed E-state index contributed by atoms with van der Waals surface area (Å²) in [5.41, 5.74) is 2.47. The van der Waals surface area contributed by atoms with Gasteiger partial charge in [-0.05, 0) is 23.1 Å². The van der Waals surface area contributed by atoms with E-state index in [0.717, 1.165) is 22.4 Å². The molecule has 1 aliphatic rings. The third-order valence-electron chi connectivity index (χ3n) is 4.10. The van der Waals surface area contributed by atoms with E-state index >= 15 is 0 Å². The fourth-order valence-corrected chi connectivity index (χ4v) is 3.96. The van der Waals surface area contributed by atoms with Gasteiger partial charge in [0.1, 0.15) is 0 Å². The number of hydrogen-bond donors (Lipinski definition) is 1. The Morgan fingerprint density at radius 1 is 1.17 bits per heavy atom. The van der Waals surface area contributed by atoms with Gasteiger partial charge in [-0.3, -0.25) is 4.79 Å². The van der Waals surface area contributed by atoms with Gasteiger partial charge in [-0.25, -0.2) is 4.79 Å². The molecule has 0 bridgehead atoms. The minimum atomic E-state index is -1.39. The van der Waals surface area contributed by atoms with E-state index in [4.69, 9.17) is 9.84 Å². The standard InChI is InChI=1S/C18H13NO4S/c20-17-13(11-4-2-1-3-5-11)10-14(23-18(21)22)16-12-7-9-24-15(12)6-8-19(16)17/h1-5,7,9-10H,6,8H2,(H,21,22). The van der Waals surface area contributed by atoms with Gasteiger partial charge in [-0.15, -0.1) is 11.3 Å². The van der Waals surface area contributed by atoms with Crippen LogP contribution in [0, 0.1) is 0 Å². The molecule has 0 fully saturated rings. The summed E-state index contributed by atoms with van der Waals surface area (Å²) >= 11 is 1.60. The first kappa shape index (κ1) is 14.7. The number of fused-ring (bicyclic) bond motifs is 3. The minimum absolute atomic E-state index is 0.134. The van der Waals surface area contributed by atoms with E-state index in [-0.39, 0.29) is 11.3 Å². The minimum Gasteiger partial charge on any atom is -0.449 e. The lowest BCUT2D eigenvalue weighted by Crippen LogP contribution is -2.27. The van der Waals surface area contributed by atoms with Gasteiger partial charge in [0, 0.05) is 23.4 Å². The first-order chi connectivity index (χ1) is 11.6. The maximum Gasteiger partial charge on any atom is 0.511 e. The number of thiophene rings is 1. The molecule has 3 aromatic rings. The van der Waals surface area contributed by atoms with Crippen molar-refractivity contribution in [3.05, 3.63) is 63.1 Å². The average Bonchev–Trinajstić information content (AvgIpc) is 3.06. The average molecular weight is 339 g/mol. The predicted octanol–water partition coefficient (Wildman–Crippen LogP) is 3.86. The second-order valence-electron chi connectivity index (χ2n) is 5.47. The number of pyridine rings is 1. The maximum atomic E-state index is 12.9. The zero-order valence-corrected chi connectivity index (χ0v) is 13.4. The second kappa shape index (κ2) is 5.65. The van der Waals surface area contributed by atoms with Gasteiger partial charge in [0.25, 0.3) is 5.56 Å². The zero-order valence-electron chi connectivity index (χ0n) is 12.6. The van der Waals surface area contributed by atoms with Gasteiger partial charge in [0.2, 0.25) is 0 Å². The highest BCUT2D eigenvalue weighted by Gasteiger charge is 2.25. The summed E-state index contributed by atoms with van der Waals surface area (Å²) in [6.07, 6.45) is -0.636. The van der Waals surface area contributed by atoms with E-state index in [9.17, 15) is 9.59 Å². The Labute approximate surface area is 141 Å². The maximum absolute atomic E-state index is 12.9. The molecule has 2 aromatic heterocycles. The molecular formula is C18H13NO4S. The van der Waals surface area contributed by atoms with Gasteiger partial charge < -0.3 is 14.4 Å². The van der Waals surface area contributed by atoms with Crippen LogP contribution in [0.4, 0.5) is 4.79 Å². The van der Waals surface area contributed by atoms with Crippen LogP contribution >= 0.6 is 11.3 Å². The third kappa shape index (κ3) is 2.32. The van der Waals surface area contributed by atoms with Crippen molar-refractivity contribution < 1.29 is 14.6 Å². The Bertz CT molecular complexity index is 988. The lowest BCUT2D eigenvalue weighted by Gasteiger charge is -2.22. The molecule has 3 heterocycles. The number of hydrogen-bond acceptors (Lipinski definition) is 4. The molecule has 0 radical (unpaired) electrons. The number of aryl methyl sites for hydroxylation is 1. The zero-order chi connectivity index (χ0) is 16.7. The summed E-state index contributed by atoms with van der Waals surface area (Å²) in [5.74, 6) is 0.195. The molecule has 4 rings (SSSR count). The molecule has 0 amide bonds. The quantitative estimate of drug-likeness (QED) is 0.720. The highest BCUT2D eigenvalue weighted by molar-refractivity contribution is 7.10. The van der Waals surface area contributed by atoms with E-state index in [2.05, 4.69) is 0 Å². The fourth-order valence-electron chi connectivity index (χ4n) is 3.09. The Kier molecular flexibility index (Phi) is 3.46. The van der Waals surface area contributed by atoms with Crippen LogP contribution in [-0.2, 0) is 13.0 Å². The second-order valence-corrected chi connectivity index (χ2v) is 6.47. The molecule has 0 aliphatic carbocycles. The number of benzene rings is 1. The first-order valence-electron chi connectivity index (χ1n) is 7.46. The molecule has 0 unspecified atom stereocenters. The molecule has 5 nitrogen and oxygen atoms in total. The van der Waals surface area contributed by atoms with Crippen molar-refractivity contribution >= 4 is 17.5 Å². The first-order valence-corrected chi connectivity index (χ1v) is 8.34. The topological polar surface area (TPSA) is 68.5 Å². The summed E-state index contributed by atoms with van der Waals surface area (Å²) in [6, 6.07) is 12.6. The monoisotopic (exact) mass is 339 g/mol. The number of ether oxygens (including phenoxy) is 1. The molecule has 24 heavy (non-hydrogen) atoms. The number of carbonyl (C=O) groups is 1. The largest absolute Gasteiger partial charge is 0.511 e. The summed E-state index contributed by atoms with van der Waals surface area (Å²) in [6.45, 7) is 0.512. The van der Waals surface area contributed by atoms with Crippen LogP contribution in [-0.4, -0.2) is 15.8 Å². The van der Waals surface area contributed by atoms with Crippen molar-refractivity contribution in [3.8, 4) is 28.1 Å². The Hall–Kier alpha value is -2.86. The van der Waals surface area contributed by atoms with E-state index in [1.54, 1.807) is 15.9 Å². The van der Waals surface area contributed by atoms with Gasteiger partial charge in [0.15, 0.2) is 5.75 Å². The third-order valence-corrected chi connectivity index (χ3v) is 5.08. The van der Waals surface area contributed by atoms with Crippen LogP contribution in [0.25, 0.3) is 22.4 Å². The Morgan fingerprint density at radius 3 is 2.71 bits per heavy atom. The van der Waals surface area contributed by atoms with E-state index in [1.165, 1.54) is 6.07 Å². The summed E-state index contributed by atoms with van der Waals surface area (Å²) in [7, 11) is 0. The molecule has 1 N–H and O–H groups in total. The summed E-state index contributed by atoms with van der Waals surface area (Å²) in [4.78, 5) is 25.2. The molecule has 1 aliphatic heterocycles. The van der Waals surface area contributed by atoms with Crippen molar-refractivity contribution in [1.82, 2.24) is 4.57 Å². The van der Waals surface area contributed by atoms with Gasteiger partial charge in [0.05, 0.1) is 11.3 Å². The number of rotatable bonds is 2. The van der Waals surface area contributed by atoms with Crippen LogP contribution in [0.15, 0.2) is 52.6 Å². The highest BCUT2D eigenvalue weighted by Crippen LogP contribution is 2.39. The molecule has 0 atom stereocenters. The fraction of sp³-hybridized carbons (Fsp3) is 0.111. The number of aromatic nitrogens is 1. The van der Waals surface area contributed by atoms with Gasteiger partial charge >= 0.3 is 6.16 Å². The smallest absolute Gasteiger partial charge is 0.449 e. The molecule has 1 aromatic carbocycles. The van der Waals surface area contributed by atoms with Crippen molar-refractivity contribution in [2.75, 3.05) is 0 Å². The van der Waals surface area contributed by atoms with E-state index in [0.29, 0.717) is 17.8 Å². The molecule has 120 valence electrons. The van der Waals surface area contributed by atoms with Crippen LogP contribution in [0.5, 0.6) is 5.75 Å². The van der Waals surface area contributed by atoms with Crippen LogP contribution in [0.3, 0.4) is 0 Å². The lowest BCUT2D eigenvalue weighted by atomic mass is 10.0. The van der Waals surface area contributed by atoms with Gasteiger partial charge in [-0.1, -0.05) is 30.3 Å². The van der Waals surface area contributed by atoms with Crippen molar-refractivity contribution in [3.63, 3.8) is 0 Å². The Morgan fingerprint density at radius 2 is 1.96 bits per heavy atom. The summed E-state index contributed by atoms with van der Waals surface area (Å²) < 4.78 is 6.64. The molecule has 0 saturated heterocycles. The van der Waals surface area contributed by atoms with Crippen molar-refractivity contribution in [2.45, 2.75) is 13.0 Å². The lowest BCUT2D eigenvalue weighted by molar-refractivity contribution is 0.144. The van der Waals surface area contributed by atoms with Crippen LogP contribution < -0.4 is 10.3 Å². The molecule has 0 saturated carbocycles. The predicted molar refractivity (Wildman–Crippen MR) is 91.8 cm³/mol. The number of nitrogens with zero attached hydrogens (tertiary/aromatic N) is 1. The number of carboxylic acid groups (broad SMARTS) is 1. The van der Waals surface area contributed by atoms with E-state index < -0.39 is 6.16 Å². The van der Waals surface area contributed by atoms with Gasteiger partial charge in [-0.2, -0.15) is 0 Å². The normalized spacial score (nSPS) is 12.3. The SMILES string of the molecule is O=C(O)Oc1cc(-c2ccccc2)c(=O)n2c1-c1ccsc1CC2. The van der Waals surface area contributed by atoms with Crippen LogP contribution in [0.2, 0.25) is 0 Å². The summed E-state index contributed by atoms with van der Waals surface area (Å²) in [5, 5.41) is 11.0. The highest BCUT2D eigenvalue weighted by atomic mass is 32.1. The van der Waals surface area contributed by atoms with Crippen molar-refractivity contribution in [2.24, 2.45) is 0 Å². The van der Waals surface area contributed by atoms with Crippen molar-refractivity contribution in [1.29, 1.82) is 0 Å². The molecule has 0 spiro atoms. The Balaban J connectivity index is 2.02. The van der Waals surface area contributed by atoms with E-state index in [1.807, 2.05) is 41.8 Å². The van der Waals surface area contributed by atoms with Crippen LogP contribution in [0.1, 0.15) is 4.88 Å².